The van der Waals surface area contributed by atoms with Gasteiger partial charge in [-0.3, -0.25) is 0 Å². The van der Waals surface area contributed by atoms with E-state index in [0.717, 1.165) is 0 Å². The average Bonchev–Trinajstić information content (AvgIpc) is 0.918. The summed E-state index contributed by atoms with van der Waals surface area (Å²) in [5, 5.41) is 0. The standard InChI is InChI=1S/2K.H2O2S/c;;1-3-2/h;;1-2H/q2*+1;/p-2. The van der Waals surface area contributed by atoms with Crippen LogP contribution in [0.1, 0.15) is 0 Å². The maximum Gasteiger partial charge on any atom is 1.00 e. The van der Waals surface area contributed by atoms with E-state index in [1.807, 2.05) is 0 Å². The topological polar surface area (TPSA) is 46.1 Å². The van der Waals surface area contributed by atoms with Crippen molar-refractivity contribution in [1.82, 2.24) is 0 Å². The molecule has 5 heteroatoms. The molecule has 0 bridgehead atoms. The van der Waals surface area contributed by atoms with Crippen LogP contribution >= 0.6 is 12.3 Å². The van der Waals surface area contributed by atoms with Gasteiger partial charge in [0.05, 0.1) is 0 Å². The first kappa shape index (κ1) is 15.8. The fourth-order valence-electron chi connectivity index (χ4n) is 0. The Morgan fingerprint density at radius 1 is 1.00 bits per heavy atom. The van der Waals surface area contributed by atoms with Gasteiger partial charge in [-0.25, -0.2) is 0 Å². The summed E-state index contributed by atoms with van der Waals surface area (Å²) in [5.41, 5.74) is 0. The van der Waals surface area contributed by atoms with E-state index >= 15 is 0 Å². The molecule has 0 saturated carbocycles. The van der Waals surface area contributed by atoms with E-state index in [1.165, 1.54) is 0 Å². The molecule has 0 aliphatic rings. The Kier molecular flexibility index (Phi) is 49.5. The van der Waals surface area contributed by atoms with Gasteiger partial charge in [-0.1, -0.05) is 0 Å². The van der Waals surface area contributed by atoms with E-state index in [9.17, 15) is 0 Å². The van der Waals surface area contributed by atoms with Crippen molar-refractivity contribution in [1.29, 1.82) is 0 Å². The van der Waals surface area contributed by atoms with E-state index in [2.05, 4.69) is 0 Å². The SMILES string of the molecule is [K+].[K+].[O-]S[O-]. The van der Waals surface area contributed by atoms with E-state index in [0.29, 0.717) is 0 Å². The van der Waals surface area contributed by atoms with Crippen molar-refractivity contribution >= 4 is 12.3 Å². The second-order valence-corrected chi connectivity index (χ2v) is 0.204. The Morgan fingerprint density at radius 3 is 1.00 bits per heavy atom. The van der Waals surface area contributed by atoms with E-state index < -0.39 is 12.3 Å². The zero-order valence-corrected chi connectivity index (χ0v) is 10.3. The molecule has 0 amide bonds. The molecule has 0 unspecified atom stereocenters. The molecule has 5 heavy (non-hydrogen) atoms. The van der Waals surface area contributed by atoms with Crippen molar-refractivity contribution < 1.29 is 112 Å². The molecule has 0 radical (unpaired) electrons. The zero-order valence-electron chi connectivity index (χ0n) is 3.22. The second-order valence-electron chi connectivity index (χ2n) is 0.0680. The van der Waals surface area contributed by atoms with Crippen molar-refractivity contribution in [2.75, 3.05) is 0 Å². The molecule has 0 fully saturated rings. The van der Waals surface area contributed by atoms with Gasteiger partial charge in [-0.15, -0.1) is 0 Å². The van der Waals surface area contributed by atoms with Gasteiger partial charge < -0.3 is 21.4 Å². The van der Waals surface area contributed by atoms with Gasteiger partial charge in [-0.2, -0.15) is 0 Å². The summed E-state index contributed by atoms with van der Waals surface area (Å²) < 4.78 is 16.6. The maximum atomic E-state index is 8.29. The number of hydrogen-bond donors (Lipinski definition) is 0. The summed E-state index contributed by atoms with van der Waals surface area (Å²) in [7, 11) is 0. The monoisotopic (exact) mass is 142 g/mol. The number of hydrogen-bond acceptors (Lipinski definition) is 3. The Hall–Kier alpha value is 3.54. The van der Waals surface area contributed by atoms with Crippen LogP contribution in [-0.4, -0.2) is 9.11 Å². The van der Waals surface area contributed by atoms with Crippen LogP contribution in [0.25, 0.3) is 0 Å². The van der Waals surface area contributed by atoms with E-state index in [-0.39, 0.29) is 103 Å². The Bertz CT molecular complexity index is 7.61. The first-order chi connectivity index (χ1) is 1.41. The molecular weight excluding hydrogens is 142 g/mol. The van der Waals surface area contributed by atoms with Crippen LogP contribution < -0.4 is 103 Å². The van der Waals surface area contributed by atoms with Crippen molar-refractivity contribution in [3.63, 3.8) is 0 Å². The predicted octanol–water partition coefficient (Wildman–Crippen LogP) is -6.01. The van der Waals surface area contributed by atoms with Crippen LogP contribution in [0, 0.1) is 0 Å². The third-order valence-corrected chi connectivity index (χ3v) is 0. The van der Waals surface area contributed by atoms with Crippen LogP contribution in [0.3, 0.4) is 0 Å². The molecule has 0 saturated heterocycles. The molecule has 0 rings (SSSR count). The summed E-state index contributed by atoms with van der Waals surface area (Å²) in [5.74, 6) is 0. The smallest absolute Gasteiger partial charge is 0.811 e. The van der Waals surface area contributed by atoms with Crippen molar-refractivity contribution in [2.45, 2.75) is 0 Å². The van der Waals surface area contributed by atoms with Gasteiger partial charge in [0.2, 0.25) is 0 Å². The van der Waals surface area contributed by atoms with Gasteiger partial charge >= 0.3 is 103 Å². The quantitative estimate of drug-likeness (QED) is 0.250. The molecule has 0 aromatic heterocycles. The van der Waals surface area contributed by atoms with Gasteiger partial charge in [0.1, 0.15) is 0 Å². The second kappa shape index (κ2) is 15.6. The minimum absolute atomic E-state index is 0. The molecular formula is K2O2S. The van der Waals surface area contributed by atoms with Gasteiger partial charge in [0.25, 0.3) is 0 Å². The first-order valence-corrected chi connectivity index (χ1v) is 1.00. The molecule has 0 spiro atoms. The van der Waals surface area contributed by atoms with Crippen LogP contribution in [0.2, 0.25) is 0 Å². The van der Waals surface area contributed by atoms with Crippen LogP contribution in [0.5, 0.6) is 0 Å². The van der Waals surface area contributed by atoms with Crippen LogP contribution in [-0.2, 0) is 0 Å². The molecule has 0 aromatic rings. The maximum absolute atomic E-state index is 8.29. The van der Waals surface area contributed by atoms with Gasteiger partial charge in [0, 0.05) is 0 Å². The normalized spacial score (nSPS) is 3.60. The summed E-state index contributed by atoms with van der Waals surface area (Å²) >= 11 is -0.750. The Morgan fingerprint density at radius 2 is 1.00 bits per heavy atom. The minimum atomic E-state index is -0.750. The summed E-state index contributed by atoms with van der Waals surface area (Å²) in [4.78, 5) is 0. The third kappa shape index (κ3) is 18.5. The molecule has 2 nitrogen and oxygen atoms in total. The molecule has 0 aliphatic heterocycles. The Labute approximate surface area is 120 Å². The van der Waals surface area contributed by atoms with Crippen molar-refractivity contribution in [3.05, 3.63) is 0 Å². The first-order valence-electron chi connectivity index (χ1n) is 0.333. The molecule has 20 valence electrons. The summed E-state index contributed by atoms with van der Waals surface area (Å²) in [6, 6.07) is 0. The average molecular weight is 142 g/mol. The van der Waals surface area contributed by atoms with Crippen LogP contribution in [0.4, 0.5) is 0 Å². The third-order valence-electron chi connectivity index (χ3n) is 0. The molecule has 0 heterocycles. The molecule has 0 atom stereocenters. The van der Waals surface area contributed by atoms with E-state index in [4.69, 9.17) is 9.11 Å². The molecule has 0 N–H and O–H groups in total. The summed E-state index contributed by atoms with van der Waals surface area (Å²) in [6.07, 6.45) is 0. The van der Waals surface area contributed by atoms with Gasteiger partial charge in [0.15, 0.2) is 0 Å². The molecule has 0 aliphatic carbocycles. The number of rotatable bonds is 0. The summed E-state index contributed by atoms with van der Waals surface area (Å²) in [6.45, 7) is 0. The van der Waals surface area contributed by atoms with Gasteiger partial charge in [-0.05, 0) is 0 Å². The zero-order chi connectivity index (χ0) is 2.71. The largest absolute Gasteiger partial charge is 1.00 e. The minimum Gasteiger partial charge on any atom is -0.811 e. The van der Waals surface area contributed by atoms with E-state index in [1.54, 1.807) is 0 Å². The molecule has 0 aromatic carbocycles. The fourth-order valence-corrected chi connectivity index (χ4v) is 0. The van der Waals surface area contributed by atoms with Crippen LogP contribution in [0.15, 0.2) is 0 Å². The van der Waals surface area contributed by atoms with Crippen molar-refractivity contribution in [2.24, 2.45) is 0 Å². The predicted molar refractivity (Wildman–Crippen MR) is 9.15 cm³/mol. The fraction of sp³-hybridized carbons (Fsp3) is 0. The Balaban J connectivity index is -0.0000000200. The van der Waals surface area contributed by atoms with Crippen molar-refractivity contribution in [3.8, 4) is 0 Å².